The number of hydrogen-bond acceptors (Lipinski definition) is 4. The van der Waals surface area contributed by atoms with Crippen LogP contribution in [0.5, 0.6) is 0 Å². The van der Waals surface area contributed by atoms with Crippen LogP contribution in [0.15, 0.2) is 48.5 Å². The molecule has 28 heavy (non-hydrogen) atoms. The van der Waals surface area contributed by atoms with Crippen LogP contribution in [0.3, 0.4) is 0 Å². The summed E-state index contributed by atoms with van der Waals surface area (Å²) >= 11 is 0. The zero-order valence-corrected chi connectivity index (χ0v) is 16.9. The molecule has 2 aliphatic rings. The molecule has 0 unspecified atom stereocenters. The largest absolute Gasteiger partial charge is 0.369 e. The van der Waals surface area contributed by atoms with E-state index >= 15 is 0 Å². The van der Waals surface area contributed by atoms with Crippen molar-refractivity contribution in [1.29, 1.82) is 0 Å². The minimum Gasteiger partial charge on any atom is -0.369 e. The van der Waals surface area contributed by atoms with Crippen molar-refractivity contribution in [3.63, 3.8) is 0 Å². The smallest absolute Gasteiger partial charge is 0.183 e. The molecule has 150 valence electrons. The molecule has 0 aliphatic carbocycles. The lowest BCUT2D eigenvalue weighted by Crippen LogP contribution is -2.43. The van der Waals surface area contributed by atoms with Crippen LogP contribution >= 0.6 is 0 Å². The number of nitrogens with zero attached hydrogens (tertiary/aromatic N) is 1. The van der Waals surface area contributed by atoms with Crippen LogP contribution in [0.4, 0.5) is 5.69 Å². The van der Waals surface area contributed by atoms with E-state index in [0.29, 0.717) is 19.1 Å². The molecular formula is C24H32N2O2. The van der Waals surface area contributed by atoms with Gasteiger partial charge in [-0.2, -0.15) is 0 Å². The van der Waals surface area contributed by atoms with E-state index in [0.717, 1.165) is 31.7 Å². The van der Waals surface area contributed by atoms with Gasteiger partial charge in [0, 0.05) is 43.3 Å². The molecule has 0 atom stereocenters. The normalized spacial score (nSPS) is 23.0. The van der Waals surface area contributed by atoms with Gasteiger partial charge in [-0.3, -0.25) is 0 Å². The Morgan fingerprint density at radius 3 is 2.18 bits per heavy atom. The van der Waals surface area contributed by atoms with E-state index in [-0.39, 0.29) is 6.29 Å². The summed E-state index contributed by atoms with van der Waals surface area (Å²) in [5, 5.41) is 3.40. The molecule has 0 radical (unpaired) electrons. The molecule has 0 aromatic heterocycles. The fraction of sp³-hybridized carbons (Fsp3) is 0.500. The lowest BCUT2D eigenvalue weighted by molar-refractivity contribution is -0.191. The zero-order valence-electron chi connectivity index (χ0n) is 16.9. The van der Waals surface area contributed by atoms with Gasteiger partial charge in [-0.25, -0.2) is 0 Å². The first-order valence-electron chi connectivity index (χ1n) is 10.7. The summed E-state index contributed by atoms with van der Waals surface area (Å²) in [5.74, 6) is 0.316. The summed E-state index contributed by atoms with van der Waals surface area (Å²) in [6.07, 6.45) is 3.41. The first-order chi connectivity index (χ1) is 13.8. The monoisotopic (exact) mass is 380 g/mol. The van der Waals surface area contributed by atoms with E-state index < -0.39 is 0 Å². The Labute approximate surface area is 168 Å². The molecule has 2 heterocycles. The second kappa shape index (κ2) is 9.55. The Hall–Kier alpha value is -1.88. The van der Waals surface area contributed by atoms with Gasteiger partial charge in [0.25, 0.3) is 0 Å². The third-order valence-corrected chi connectivity index (χ3v) is 5.82. The van der Waals surface area contributed by atoms with Gasteiger partial charge >= 0.3 is 0 Å². The van der Waals surface area contributed by atoms with Crippen LogP contribution in [0.2, 0.25) is 0 Å². The Kier molecular flexibility index (Phi) is 6.63. The number of rotatable bonds is 6. The van der Waals surface area contributed by atoms with Gasteiger partial charge in [-0.15, -0.1) is 0 Å². The first-order valence-corrected chi connectivity index (χ1v) is 10.7. The van der Waals surface area contributed by atoms with Gasteiger partial charge in [0.1, 0.15) is 0 Å². The molecule has 4 nitrogen and oxygen atoms in total. The number of hydrogen-bond donors (Lipinski definition) is 1. The van der Waals surface area contributed by atoms with Gasteiger partial charge in [0.2, 0.25) is 0 Å². The van der Waals surface area contributed by atoms with E-state index in [1.807, 2.05) is 0 Å². The highest BCUT2D eigenvalue weighted by Gasteiger charge is 2.25. The van der Waals surface area contributed by atoms with Crippen molar-refractivity contribution in [1.82, 2.24) is 5.32 Å². The minimum absolute atomic E-state index is 0.253. The predicted octanol–water partition coefficient (Wildman–Crippen LogP) is 4.27. The number of benzene rings is 2. The Morgan fingerprint density at radius 2 is 1.54 bits per heavy atom. The molecule has 4 heteroatoms. The molecular weight excluding hydrogens is 348 g/mol. The topological polar surface area (TPSA) is 33.7 Å². The summed E-state index contributed by atoms with van der Waals surface area (Å²) < 4.78 is 12.1. The second-order valence-electron chi connectivity index (χ2n) is 7.87. The minimum atomic E-state index is -0.253. The molecule has 0 amide bonds. The van der Waals surface area contributed by atoms with Gasteiger partial charge in [0.15, 0.2) is 6.29 Å². The zero-order chi connectivity index (χ0) is 19.2. The van der Waals surface area contributed by atoms with Crippen LogP contribution in [0, 0.1) is 0 Å². The third kappa shape index (κ3) is 4.75. The van der Waals surface area contributed by atoms with Gasteiger partial charge in [0.05, 0.1) is 13.2 Å². The average Bonchev–Trinajstić information content (AvgIpc) is 2.79. The van der Waals surface area contributed by atoms with Crippen molar-refractivity contribution in [2.75, 3.05) is 44.3 Å². The quantitative estimate of drug-likeness (QED) is 0.812. The molecule has 1 N–H and O–H groups in total. The number of anilines is 1. The molecule has 2 saturated heterocycles. The van der Waals surface area contributed by atoms with Gasteiger partial charge < -0.3 is 19.7 Å². The standard InChI is InChI=1S/C24H32N2O2/c1-2-3-4-19-5-7-20(8-6-19)22-17-27-24(28-18-22)21-9-11-23(12-10-21)26-15-13-25-14-16-26/h5-12,22,24-25H,2-4,13-18H2,1H3. The average molecular weight is 381 g/mol. The third-order valence-electron chi connectivity index (χ3n) is 5.82. The summed E-state index contributed by atoms with van der Waals surface area (Å²) in [4.78, 5) is 2.42. The number of aryl methyl sites for hydroxylation is 1. The maximum absolute atomic E-state index is 6.07. The Morgan fingerprint density at radius 1 is 0.893 bits per heavy atom. The highest BCUT2D eigenvalue weighted by atomic mass is 16.7. The van der Waals surface area contributed by atoms with Gasteiger partial charge in [-0.05, 0) is 36.1 Å². The molecule has 4 rings (SSSR count). The summed E-state index contributed by atoms with van der Waals surface area (Å²) in [6, 6.07) is 17.7. The predicted molar refractivity (Wildman–Crippen MR) is 114 cm³/mol. The number of ether oxygens (including phenoxy) is 2. The van der Waals surface area contributed by atoms with Crippen molar-refractivity contribution in [2.24, 2.45) is 0 Å². The lowest BCUT2D eigenvalue weighted by atomic mass is 9.97. The summed E-state index contributed by atoms with van der Waals surface area (Å²) in [5.41, 5.74) is 5.12. The van der Waals surface area contributed by atoms with E-state index in [9.17, 15) is 0 Å². The molecule has 2 aromatic carbocycles. The number of unbranched alkanes of at least 4 members (excludes halogenated alkanes) is 1. The SMILES string of the molecule is CCCCc1ccc(C2COC(c3ccc(N4CCNCC4)cc3)OC2)cc1. The summed E-state index contributed by atoms with van der Waals surface area (Å²) in [7, 11) is 0. The van der Waals surface area contributed by atoms with Crippen LogP contribution in [0.25, 0.3) is 0 Å². The molecule has 0 spiro atoms. The number of piperazine rings is 1. The molecule has 2 aromatic rings. The van der Waals surface area contributed by atoms with Crippen molar-refractivity contribution in [3.8, 4) is 0 Å². The molecule has 2 aliphatic heterocycles. The summed E-state index contributed by atoms with van der Waals surface area (Å²) in [6.45, 7) is 7.88. The van der Waals surface area contributed by atoms with Crippen molar-refractivity contribution >= 4 is 5.69 Å². The Bertz CT molecular complexity index is 715. The molecule has 0 bridgehead atoms. The van der Waals surface area contributed by atoms with Crippen LogP contribution < -0.4 is 10.2 Å². The fourth-order valence-corrected chi connectivity index (χ4v) is 3.99. The van der Waals surface area contributed by atoms with Crippen LogP contribution in [0.1, 0.15) is 48.7 Å². The fourth-order valence-electron chi connectivity index (χ4n) is 3.99. The van der Waals surface area contributed by atoms with Crippen molar-refractivity contribution < 1.29 is 9.47 Å². The van der Waals surface area contributed by atoms with E-state index in [1.54, 1.807) is 0 Å². The lowest BCUT2D eigenvalue weighted by Gasteiger charge is -2.31. The number of nitrogens with one attached hydrogen (secondary N) is 1. The Balaban J connectivity index is 1.31. The molecule has 0 saturated carbocycles. The maximum Gasteiger partial charge on any atom is 0.183 e. The second-order valence-corrected chi connectivity index (χ2v) is 7.87. The first kappa shape index (κ1) is 19.4. The van der Waals surface area contributed by atoms with Crippen molar-refractivity contribution in [3.05, 3.63) is 65.2 Å². The van der Waals surface area contributed by atoms with E-state index in [1.165, 1.54) is 36.1 Å². The highest BCUT2D eigenvalue weighted by Crippen LogP contribution is 2.31. The maximum atomic E-state index is 6.07. The van der Waals surface area contributed by atoms with Gasteiger partial charge in [-0.1, -0.05) is 49.7 Å². The van der Waals surface area contributed by atoms with Crippen molar-refractivity contribution in [2.45, 2.75) is 38.4 Å². The van der Waals surface area contributed by atoms with Crippen LogP contribution in [-0.4, -0.2) is 39.4 Å². The highest BCUT2D eigenvalue weighted by molar-refractivity contribution is 5.48. The van der Waals surface area contributed by atoms with Crippen LogP contribution in [-0.2, 0) is 15.9 Å². The van der Waals surface area contributed by atoms with E-state index in [4.69, 9.17) is 9.47 Å². The molecule has 2 fully saturated rings. The van der Waals surface area contributed by atoms with E-state index in [2.05, 4.69) is 65.7 Å².